The van der Waals surface area contributed by atoms with Crippen molar-refractivity contribution in [2.75, 3.05) is 0 Å². The van der Waals surface area contributed by atoms with Crippen molar-refractivity contribution in [2.45, 2.75) is 44.9 Å². The molecule has 3 aliphatic rings. The summed E-state index contributed by atoms with van der Waals surface area (Å²) in [6.07, 6.45) is 6.44. The summed E-state index contributed by atoms with van der Waals surface area (Å²) in [6.45, 7) is 6.64. The highest BCUT2D eigenvalue weighted by Crippen LogP contribution is 2.61. The highest BCUT2D eigenvalue weighted by atomic mass is 16.1. The first-order valence-corrected chi connectivity index (χ1v) is 7.85. The maximum atomic E-state index is 12.6. The number of Topliss-reactive ketones (excluding diaryl/α,β-unsaturated/α-hetero) is 1. The minimum Gasteiger partial charge on any atom is -0.289 e. The van der Waals surface area contributed by atoms with Gasteiger partial charge in [0.2, 0.25) is 0 Å². The Kier molecular flexibility index (Phi) is 2.52. The quantitative estimate of drug-likeness (QED) is 0.629. The summed E-state index contributed by atoms with van der Waals surface area (Å²) < 4.78 is 0. The van der Waals surface area contributed by atoms with E-state index in [2.05, 4.69) is 25.6 Å². The molecular formula is C19H21O. The smallest absolute Gasteiger partial charge is 0.189 e. The van der Waals surface area contributed by atoms with Crippen molar-refractivity contribution in [1.29, 1.82) is 0 Å². The standard InChI is InChI=1S/C19H21O/c1-12-17-14(9-11-19(2)10-5-8-16(17)19)13-6-3-4-7-15(13)18(12)20/h3,6-7,14,16-17H,1,5,8-11H2,2H3/t14-,16+,17-,19+/m1/s1. The van der Waals surface area contributed by atoms with E-state index in [1.54, 1.807) is 0 Å². The van der Waals surface area contributed by atoms with E-state index >= 15 is 0 Å². The highest BCUT2D eigenvalue weighted by molar-refractivity contribution is 6.11. The third-order valence-corrected chi connectivity index (χ3v) is 6.29. The van der Waals surface area contributed by atoms with Gasteiger partial charge in [0.25, 0.3) is 0 Å². The number of hydrogen-bond donors (Lipinski definition) is 0. The van der Waals surface area contributed by atoms with Crippen molar-refractivity contribution in [2.24, 2.45) is 17.3 Å². The number of rotatable bonds is 0. The normalized spacial score (nSPS) is 39.1. The molecule has 3 aliphatic carbocycles. The predicted molar refractivity (Wildman–Crippen MR) is 79.7 cm³/mol. The number of hydrogen-bond acceptors (Lipinski definition) is 1. The fraction of sp³-hybridized carbons (Fsp3) is 0.526. The summed E-state index contributed by atoms with van der Waals surface area (Å²) in [5.41, 5.74) is 3.45. The lowest BCUT2D eigenvalue weighted by molar-refractivity contribution is 0.0744. The number of ketones is 1. The highest BCUT2D eigenvalue weighted by Gasteiger charge is 2.52. The molecule has 103 valence electrons. The Hall–Kier alpha value is -1.37. The number of carbonyl (C=O) groups excluding carboxylic acids is 1. The van der Waals surface area contributed by atoms with Crippen molar-refractivity contribution in [3.8, 4) is 0 Å². The van der Waals surface area contributed by atoms with E-state index in [1.807, 2.05) is 12.1 Å². The minimum atomic E-state index is 0.175. The van der Waals surface area contributed by atoms with Crippen LogP contribution in [0.5, 0.6) is 0 Å². The van der Waals surface area contributed by atoms with E-state index in [9.17, 15) is 4.79 Å². The zero-order valence-corrected chi connectivity index (χ0v) is 12.1. The molecule has 0 heterocycles. The molecule has 0 spiro atoms. The van der Waals surface area contributed by atoms with Gasteiger partial charge in [-0.05, 0) is 72.1 Å². The summed E-state index contributed by atoms with van der Waals surface area (Å²) >= 11 is 0. The van der Waals surface area contributed by atoms with Gasteiger partial charge in [0.15, 0.2) is 5.78 Å². The van der Waals surface area contributed by atoms with Gasteiger partial charge in [-0.2, -0.15) is 0 Å². The Morgan fingerprint density at radius 3 is 3.05 bits per heavy atom. The van der Waals surface area contributed by atoms with E-state index in [4.69, 9.17) is 0 Å². The van der Waals surface area contributed by atoms with Crippen molar-refractivity contribution < 1.29 is 4.79 Å². The van der Waals surface area contributed by atoms with Crippen molar-refractivity contribution in [3.63, 3.8) is 0 Å². The van der Waals surface area contributed by atoms with Crippen LogP contribution >= 0.6 is 0 Å². The molecule has 0 N–H and O–H groups in total. The molecule has 1 aromatic carbocycles. The molecule has 0 aromatic heterocycles. The van der Waals surface area contributed by atoms with Crippen LogP contribution in [0.1, 0.15) is 60.9 Å². The molecule has 2 saturated carbocycles. The molecule has 1 aromatic rings. The van der Waals surface area contributed by atoms with E-state index in [-0.39, 0.29) is 5.78 Å². The summed E-state index contributed by atoms with van der Waals surface area (Å²) in [7, 11) is 0. The van der Waals surface area contributed by atoms with Crippen LogP contribution in [-0.4, -0.2) is 5.78 Å². The predicted octanol–water partition coefficient (Wildman–Crippen LogP) is 4.54. The molecule has 1 nitrogen and oxygen atoms in total. The van der Waals surface area contributed by atoms with E-state index in [0.29, 0.717) is 23.2 Å². The minimum absolute atomic E-state index is 0.175. The van der Waals surface area contributed by atoms with Gasteiger partial charge < -0.3 is 0 Å². The molecular weight excluding hydrogens is 244 g/mol. The number of benzene rings is 1. The summed E-state index contributed by atoms with van der Waals surface area (Å²) in [5.74, 6) is 1.74. The molecule has 0 amide bonds. The lowest BCUT2D eigenvalue weighted by Gasteiger charge is -2.49. The molecule has 0 aliphatic heterocycles. The Labute approximate surface area is 121 Å². The van der Waals surface area contributed by atoms with Gasteiger partial charge in [-0.15, -0.1) is 0 Å². The largest absolute Gasteiger partial charge is 0.289 e. The van der Waals surface area contributed by atoms with Gasteiger partial charge in [-0.3, -0.25) is 4.79 Å². The molecule has 20 heavy (non-hydrogen) atoms. The van der Waals surface area contributed by atoms with Crippen LogP contribution in [0.3, 0.4) is 0 Å². The summed E-state index contributed by atoms with van der Waals surface area (Å²) in [6, 6.07) is 9.00. The molecule has 4 rings (SSSR count). The van der Waals surface area contributed by atoms with E-state index in [1.165, 1.54) is 37.7 Å². The van der Waals surface area contributed by atoms with Gasteiger partial charge in [0.05, 0.1) is 0 Å². The van der Waals surface area contributed by atoms with Gasteiger partial charge in [0, 0.05) is 5.56 Å². The zero-order chi connectivity index (χ0) is 13.9. The maximum Gasteiger partial charge on any atom is 0.189 e. The maximum absolute atomic E-state index is 12.6. The van der Waals surface area contributed by atoms with Crippen LogP contribution in [0.4, 0.5) is 0 Å². The Morgan fingerprint density at radius 2 is 2.20 bits per heavy atom. The van der Waals surface area contributed by atoms with Gasteiger partial charge in [0.1, 0.15) is 0 Å². The Morgan fingerprint density at radius 1 is 1.35 bits per heavy atom. The molecule has 1 radical (unpaired) electrons. The van der Waals surface area contributed by atoms with Crippen LogP contribution in [0, 0.1) is 23.3 Å². The van der Waals surface area contributed by atoms with Crippen molar-refractivity contribution in [3.05, 3.63) is 47.5 Å². The average molecular weight is 265 g/mol. The van der Waals surface area contributed by atoms with Crippen LogP contribution in [-0.2, 0) is 0 Å². The second kappa shape index (κ2) is 4.07. The third kappa shape index (κ3) is 1.47. The Balaban J connectivity index is 1.85. The molecule has 2 fully saturated rings. The SMILES string of the molecule is C=C1C(=O)c2c[c]ccc2[C@H]2CC[C@]3(C)CCC[C@H]3[C@H]12. The van der Waals surface area contributed by atoms with Crippen LogP contribution in [0.15, 0.2) is 30.4 Å². The number of allylic oxidation sites excluding steroid dienone is 1. The first-order valence-electron chi connectivity index (χ1n) is 7.85. The molecule has 0 saturated heterocycles. The van der Waals surface area contributed by atoms with Crippen molar-refractivity contribution >= 4 is 5.78 Å². The van der Waals surface area contributed by atoms with Crippen LogP contribution in [0.25, 0.3) is 0 Å². The molecule has 1 heteroatoms. The van der Waals surface area contributed by atoms with Crippen molar-refractivity contribution in [1.82, 2.24) is 0 Å². The monoisotopic (exact) mass is 265 g/mol. The van der Waals surface area contributed by atoms with Crippen LogP contribution < -0.4 is 0 Å². The van der Waals surface area contributed by atoms with Gasteiger partial charge in [-0.1, -0.05) is 32.1 Å². The second-order valence-electron chi connectivity index (χ2n) is 7.19. The first-order chi connectivity index (χ1) is 9.62. The molecule has 4 atom stereocenters. The number of fused-ring (bicyclic) bond motifs is 5. The average Bonchev–Trinajstić information content (AvgIpc) is 2.85. The lowest BCUT2D eigenvalue weighted by atomic mass is 9.54. The number of carbonyl (C=O) groups is 1. The van der Waals surface area contributed by atoms with E-state index in [0.717, 1.165) is 11.1 Å². The fourth-order valence-electron chi connectivity index (χ4n) is 5.25. The van der Waals surface area contributed by atoms with E-state index < -0.39 is 0 Å². The summed E-state index contributed by atoms with van der Waals surface area (Å²) in [4.78, 5) is 12.6. The van der Waals surface area contributed by atoms with Crippen LogP contribution in [0.2, 0.25) is 0 Å². The zero-order valence-electron chi connectivity index (χ0n) is 12.1. The van der Waals surface area contributed by atoms with Gasteiger partial charge in [-0.25, -0.2) is 0 Å². The first kappa shape index (κ1) is 12.4. The summed E-state index contributed by atoms with van der Waals surface area (Å²) in [5, 5.41) is 0. The Bertz CT molecular complexity index is 600. The fourth-order valence-corrected chi connectivity index (χ4v) is 5.25. The third-order valence-electron chi connectivity index (χ3n) is 6.29. The second-order valence-corrected chi connectivity index (χ2v) is 7.19. The lowest BCUT2D eigenvalue weighted by Crippen LogP contribution is -2.42. The van der Waals surface area contributed by atoms with Gasteiger partial charge >= 0.3 is 0 Å². The molecule has 0 bridgehead atoms. The molecule has 0 unspecified atom stereocenters. The topological polar surface area (TPSA) is 17.1 Å².